The molecule has 0 aliphatic heterocycles. The molecule has 0 aliphatic carbocycles. The number of aromatic nitrogens is 2. The fraction of sp³-hybridized carbons (Fsp3) is 0.364. The van der Waals surface area contributed by atoms with Gasteiger partial charge >= 0.3 is 0 Å². The maximum absolute atomic E-state index is 6.07. The Morgan fingerprint density at radius 3 is 2.88 bits per heavy atom. The van der Waals surface area contributed by atoms with Crippen molar-refractivity contribution in [2.45, 2.75) is 20.1 Å². The minimum atomic E-state index is 0.442. The maximum atomic E-state index is 6.07. The van der Waals surface area contributed by atoms with Gasteiger partial charge in [0.05, 0.1) is 18.6 Å². The van der Waals surface area contributed by atoms with E-state index in [1.165, 1.54) is 0 Å². The monoisotopic (exact) mass is 240 g/mol. The molecule has 4 nitrogen and oxygen atoms in total. The number of ether oxygens (including phenoxy) is 1. The zero-order valence-corrected chi connectivity index (χ0v) is 9.99. The zero-order chi connectivity index (χ0) is 11.5. The van der Waals surface area contributed by atoms with E-state index in [9.17, 15) is 0 Å². The van der Waals surface area contributed by atoms with Crippen molar-refractivity contribution in [3.63, 3.8) is 0 Å². The lowest BCUT2D eigenvalue weighted by Gasteiger charge is -2.01. The van der Waals surface area contributed by atoms with Gasteiger partial charge in [0.15, 0.2) is 0 Å². The lowest BCUT2D eigenvalue weighted by molar-refractivity contribution is 0.0926. The second-order valence-corrected chi connectivity index (χ2v) is 3.91. The number of hydrogen-bond donors (Lipinski definition) is 0. The van der Waals surface area contributed by atoms with Gasteiger partial charge in [-0.3, -0.25) is 4.68 Å². The maximum Gasteiger partial charge on any atom is 0.132 e. The second-order valence-electron chi connectivity index (χ2n) is 3.55. The molecule has 16 heavy (non-hydrogen) atoms. The van der Waals surface area contributed by atoms with Crippen LogP contribution in [0.15, 0.2) is 22.8 Å². The fourth-order valence-corrected chi connectivity index (χ4v) is 1.72. The first-order chi connectivity index (χ1) is 7.68. The molecule has 86 valence electrons. The number of nitrogens with zero attached hydrogens (tertiary/aromatic N) is 2. The molecule has 0 unspecified atom stereocenters. The summed E-state index contributed by atoms with van der Waals surface area (Å²) in [7, 11) is 1.81. The molecule has 2 rings (SSSR count). The largest absolute Gasteiger partial charge is 0.467 e. The topological polar surface area (TPSA) is 40.2 Å². The summed E-state index contributed by atoms with van der Waals surface area (Å²) in [5.41, 5.74) is 1.82. The zero-order valence-electron chi connectivity index (χ0n) is 9.24. The number of rotatable bonds is 4. The first kappa shape index (κ1) is 11.2. The van der Waals surface area contributed by atoms with Crippen LogP contribution in [0.3, 0.4) is 0 Å². The van der Waals surface area contributed by atoms with Crippen LogP contribution < -0.4 is 0 Å². The normalized spacial score (nSPS) is 10.9. The van der Waals surface area contributed by atoms with Crippen molar-refractivity contribution in [3.8, 4) is 0 Å². The molecule has 0 aliphatic rings. The summed E-state index contributed by atoms with van der Waals surface area (Å²) in [6.45, 7) is 2.80. The highest BCUT2D eigenvalue weighted by molar-refractivity contribution is 6.30. The van der Waals surface area contributed by atoms with Crippen molar-refractivity contribution in [2.75, 3.05) is 0 Å². The van der Waals surface area contributed by atoms with Crippen molar-refractivity contribution >= 4 is 11.6 Å². The van der Waals surface area contributed by atoms with E-state index in [4.69, 9.17) is 20.8 Å². The van der Waals surface area contributed by atoms with Gasteiger partial charge in [0.2, 0.25) is 0 Å². The molecule has 2 aromatic heterocycles. The third-order valence-electron chi connectivity index (χ3n) is 2.34. The van der Waals surface area contributed by atoms with Gasteiger partial charge < -0.3 is 9.15 Å². The van der Waals surface area contributed by atoms with Crippen LogP contribution in [0.25, 0.3) is 0 Å². The number of halogens is 1. The van der Waals surface area contributed by atoms with Gasteiger partial charge in [-0.15, -0.1) is 0 Å². The molecule has 5 heteroatoms. The Kier molecular flexibility index (Phi) is 3.31. The summed E-state index contributed by atoms with van der Waals surface area (Å²) in [6.07, 6.45) is 1.63. The smallest absolute Gasteiger partial charge is 0.132 e. The summed E-state index contributed by atoms with van der Waals surface area (Å²) in [4.78, 5) is 0. The van der Waals surface area contributed by atoms with E-state index in [0.29, 0.717) is 18.4 Å². The average Bonchev–Trinajstić information content (AvgIpc) is 2.82. The summed E-state index contributed by atoms with van der Waals surface area (Å²) < 4.78 is 12.3. The molecule has 0 spiro atoms. The number of furan rings is 1. The van der Waals surface area contributed by atoms with Crippen molar-refractivity contribution in [2.24, 2.45) is 7.05 Å². The molecular weight excluding hydrogens is 228 g/mol. The van der Waals surface area contributed by atoms with E-state index in [1.54, 1.807) is 10.9 Å². The second kappa shape index (κ2) is 4.72. The molecule has 0 saturated heterocycles. The SMILES string of the molecule is Cc1nn(C)c(Cl)c1COCc1ccco1. The van der Waals surface area contributed by atoms with Crippen molar-refractivity contribution in [3.05, 3.63) is 40.6 Å². The average molecular weight is 241 g/mol. The van der Waals surface area contributed by atoms with E-state index in [2.05, 4.69) is 5.10 Å². The molecule has 0 bridgehead atoms. The molecule has 2 aromatic rings. The predicted octanol–water partition coefficient (Wildman–Crippen LogP) is 2.69. The Morgan fingerprint density at radius 1 is 1.50 bits per heavy atom. The van der Waals surface area contributed by atoms with Gasteiger partial charge in [-0.25, -0.2) is 0 Å². The van der Waals surface area contributed by atoms with Gasteiger partial charge in [-0.05, 0) is 19.1 Å². The Hall–Kier alpha value is -1.26. The summed E-state index contributed by atoms with van der Waals surface area (Å²) in [5.74, 6) is 0.803. The standard InChI is InChI=1S/C11H13ClN2O2/c1-8-10(11(12)14(2)13-8)7-15-6-9-4-3-5-16-9/h3-5H,6-7H2,1-2H3. The third kappa shape index (κ3) is 2.28. The molecule has 0 N–H and O–H groups in total. The van der Waals surface area contributed by atoms with Crippen LogP contribution in [0, 0.1) is 6.92 Å². The van der Waals surface area contributed by atoms with Crippen LogP contribution in [0.5, 0.6) is 0 Å². The van der Waals surface area contributed by atoms with Gasteiger partial charge in [-0.1, -0.05) is 11.6 Å². The lowest BCUT2D eigenvalue weighted by Crippen LogP contribution is -1.94. The summed E-state index contributed by atoms with van der Waals surface area (Å²) >= 11 is 6.07. The van der Waals surface area contributed by atoms with Crippen LogP contribution >= 0.6 is 11.6 Å². The first-order valence-electron chi connectivity index (χ1n) is 4.96. The van der Waals surface area contributed by atoms with Crippen molar-refractivity contribution in [1.29, 1.82) is 0 Å². The van der Waals surface area contributed by atoms with E-state index < -0.39 is 0 Å². The van der Waals surface area contributed by atoms with E-state index in [1.807, 2.05) is 26.1 Å². The van der Waals surface area contributed by atoms with E-state index in [0.717, 1.165) is 17.0 Å². The minimum Gasteiger partial charge on any atom is -0.467 e. The van der Waals surface area contributed by atoms with Crippen molar-refractivity contribution < 1.29 is 9.15 Å². The first-order valence-corrected chi connectivity index (χ1v) is 5.34. The van der Waals surface area contributed by atoms with Crippen LogP contribution in [0.2, 0.25) is 5.15 Å². The number of hydrogen-bond acceptors (Lipinski definition) is 3. The highest BCUT2D eigenvalue weighted by Gasteiger charge is 2.11. The molecule has 0 aromatic carbocycles. The Morgan fingerprint density at radius 2 is 2.31 bits per heavy atom. The molecule has 0 amide bonds. The molecule has 0 fully saturated rings. The quantitative estimate of drug-likeness (QED) is 0.825. The predicted molar refractivity (Wildman–Crippen MR) is 60.2 cm³/mol. The Bertz CT molecular complexity index is 463. The van der Waals surface area contributed by atoms with Crippen LogP contribution in [-0.4, -0.2) is 9.78 Å². The molecule has 2 heterocycles. The third-order valence-corrected chi connectivity index (χ3v) is 2.81. The summed E-state index contributed by atoms with van der Waals surface area (Å²) in [6, 6.07) is 3.71. The molecule has 0 radical (unpaired) electrons. The van der Waals surface area contributed by atoms with Gasteiger partial charge in [0.25, 0.3) is 0 Å². The Balaban J connectivity index is 1.95. The Labute approximate surface area is 98.8 Å². The van der Waals surface area contributed by atoms with E-state index >= 15 is 0 Å². The number of aryl methyl sites for hydroxylation is 2. The fourth-order valence-electron chi connectivity index (χ4n) is 1.49. The summed E-state index contributed by atoms with van der Waals surface area (Å²) in [5, 5.41) is 4.83. The van der Waals surface area contributed by atoms with Crippen LogP contribution in [0.4, 0.5) is 0 Å². The van der Waals surface area contributed by atoms with Gasteiger partial charge in [0.1, 0.15) is 17.5 Å². The van der Waals surface area contributed by atoms with Crippen molar-refractivity contribution in [1.82, 2.24) is 9.78 Å². The minimum absolute atomic E-state index is 0.442. The van der Waals surface area contributed by atoms with Crippen LogP contribution in [-0.2, 0) is 25.0 Å². The lowest BCUT2D eigenvalue weighted by atomic mass is 10.3. The highest BCUT2D eigenvalue weighted by atomic mass is 35.5. The van der Waals surface area contributed by atoms with Gasteiger partial charge in [-0.2, -0.15) is 5.10 Å². The molecular formula is C11H13ClN2O2. The molecule has 0 saturated carbocycles. The van der Waals surface area contributed by atoms with Gasteiger partial charge in [0, 0.05) is 12.6 Å². The van der Waals surface area contributed by atoms with Crippen LogP contribution in [0.1, 0.15) is 17.0 Å². The van der Waals surface area contributed by atoms with E-state index in [-0.39, 0.29) is 0 Å². The highest BCUT2D eigenvalue weighted by Crippen LogP contribution is 2.19. The molecule has 0 atom stereocenters.